The average Bonchev–Trinajstić information content (AvgIpc) is 3.13. The van der Waals surface area contributed by atoms with Gasteiger partial charge in [-0.25, -0.2) is 12.7 Å². The molecule has 2 aromatic rings. The lowest BCUT2D eigenvalue weighted by molar-refractivity contribution is -0.140. The van der Waals surface area contributed by atoms with Crippen LogP contribution in [0.3, 0.4) is 0 Å². The molecule has 2 aliphatic heterocycles. The minimum atomic E-state index is -3.65. The Kier molecular flexibility index (Phi) is 7.96. The molecule has 0 unspecified atom stereocenters. The molecule has 9 nitrogen and oxygen atoms in total. The molecule has 1 N–H and O–H groups in total. The van der Waals surface area contributed by atoms with Crippen molar-refractivity contribution in [2.75, 3.05) is 53.5 Å². The Hall–Kier alpha value is -2.57. The van der Waals surface area contributed by atoms with Gasteiger partial charge >= 0.3 is 0 Å². The second-order valence-corrected chi connectivity index (χ2v) is 11.9. The maximum absolute atomic E-state index is 13.2. The van der Waals surface area contributed by atoms with E-state index in [1.807, 2.05) is 24.3 Å². The summed E-state index contributed by atoms with van der Waals surface area (Å²) in [5.41, 5.74) is 0.918. The molecule has 192 valence electrons. The number of ether oxygens (including phenoxy) is 1. The van der Waals surface area contributed by atoms with Crippen molar-refractivity contribution >= 4 is 43.4 Å². The highest BCUT2D eigenvalue weighted by molar-refractivity contribution is 9.10. The molecule has 0 spiro atoms. The van der Waals surface area contributed by atoms with Crippen LogP contribution in [0.1, 0.15) is 17.2 Å². The van der Waals surface area contributed by atoms with Gasteiger partial charge in [-0.15, -0.1) is 0 Å². The normalized spacial score (nSPS) is 20.9. The second-order valence-electron chi connectivity index (χ2n) is 8.81. The number of morpholine rings is 1. The predicted octanol–water partition coefficient (Wildman–Crippen LogP) is 2.45. The zero-order valence-electron chi connectivity index (χ0n) is 20.1. The summed E-state index contributed by atoms with van der Waals surface area (Å²) in [7, 11) is -0.794. The van der Waals surface area contributed by atoms with E-state index < -0.39 is 27.8 Å². The van der Waals surface area contributed by atoms with Gasteiger partial charge in [-0.3, -0.25) is 14.5 Å². The zero-order chi connectivity index (χ0) is 26.0. The van der Waals surface area contributed by atoms with Crippen molar-refractivity contribution in [3.8, 4) is 0 Å². The third kappa shape index (κ3) is 5.25. The maximum Gasteiger partial charge on any atom is 0.295 e. The molecular formula is C25H28BrN3O6S. The zero-order valence-corrected chi connectivity index (χ0v) is 22.5. The Labute approximate surface area is 219 Å². The first-order valence-corrected chi connectivity index (χ1v) is 13.7. The summed E-state index contributed by atoms with van der Waals surface area (Å²) in [6, 6.07) is 12.1. The number of hydrogen-bond donors (Lipinski definition) is 1. The SMILES string of the molecule is CN(C)S(=O)(=O)c1ccc(C(O)=C2C(=O)C(=O)N(CCN3CCOCC3)[C@H]2c2ccc(Br)cc2)cc1. The van der Waals surface area contributed by atoms with Gasteiger partial charge in [0.1, 0.15) is 5.76 Å². The minimum absolute atomic E-state index is 0.0208. The summed E-state index contributed by atoms with van der Waals surface area (Å²) in [5, 5.41) is 11.2. The summed E-state index contributed by atoms with van der Waals surface area (Å²) in [4.78, 5) is 30.0. The van der Waals surface area contributed by atoms with Gasteiger partial charge in [0.15, 0.2) is 0 Å². The smallest absolute Gasteiger partial charge is 0.295 e. The van der Waals surface area contributed by atoms with E-state index >= 15 is 0 Å². The molecule has 0 aromatic heterocycles. The molecule has 11 heteroatoms. The maximum atomic E-state index is 13.2. The van der Waals surface area contributed by atoms with Gasteiger partial charge in [0.05, 0.1) is 29.7 Å². The standard InChI is InChI=1S/C25H28BrN3O6S/c1-27(2)36(33,34)20-9-5-18(6-10-20)23(30)21-22(17-3-7-19(26)8-4-17)29(25(32)24(21)31)12-11-28-13-15-35-16-14-28/h3-10,22,30H,11-16H2,1-2H3/t22-/m0/s1. The van der Waals surface area contributed by atoms with Crippen molar-refractivity contribution in [1.29, 1.82) is 0 Å². The highest BCUT2D eigenvalue weighted by Crippen LogP contribution is 2.39. The van der Waals surface area contributed by atoms with Crippen LogP contribution in [-0.2, 0) is 24.3 Å². The molecule has 2 heterocycles. The van der Waals surface area contributed by atoms with Crippen LogP contribution in [0.5, 0.6) is 0 Å². The Balaban J connectivity index is 1.72. The number of rotatable bonds is 7. The van der Waals surface area contributed by atoms with Gasteiger partial charge < -0.3 is 14.7 Å². The molecule has 0 radical (unpaired) electrons. The number of benzene rings is 2. The summed E-state index contributed by atoms with van der Waals surface area (Å²) in [6.45, 7) is 3.61. The second kappa shape index (κ2) is 10.8. The minimum Gasteiger partial charge on any atom is -0.507 e. The lowest BCUT2D eigenvalue weighted by Gasteiger charge is -2.31. The van der Waals surface area contributed by atoms with Crippen molar-refractivity contribution in [3.63, 3.8) is 0 Å². The van der Waals surface area contributed by atoms with Crippen molar-refractivity contribution in [3.05, 3.63) is 69.7 Å². The van der Waals surface area contributed by atoms with Gasteiger partial charge in [0.2, 0.25) is 10.0 Å². The number of carbonyl (C=O) groups is 2. The van der Waals surface area contributed by atoms with E-state index in [-0.39, 0.29) is 21.8 Å². The topological polar surface area (TPSA) is 107 Å². The monoisotopic (exact) mass is 577 g/mol. The highest BCUT2D eigenvalue weighted by atomic mass is 79.9. The summed E-state index contributed by atoms with van der Waals surface area (Å²) in [5.74, 6) is -1.79. The summed E-state index contributed by atoms with van der Waals surface area (Å²) >= 11 is 3.41. The first kappa shape index (κ1) is 26.5. The van der Waals surface area contributed by atoms with Crippen molar-refractivity contribution in [1.82, 2.24) is 14.1 Å². The number of nitrogens with zero attached hydrogens (tertiary/aromatic N) is 3. The highest BCUT2D eigenvalue weighted by Gasteiger charge is 2.46. The number of aliphatic hydroxyl groups excluding tert-OH is 1. The van der Waals surface area contributed by atoms with Gasteiger partial charge in [-0.1, -0.05) is 28.1 Å². The number of carbonyl (C=O) groups excluding carboxylic acids is 2. The molecule has 2 fully saturated rings. The number of halogens is 1. The van der Waals surface area contributed by atoms with Crippen LogP contribution in [0.4, 0.5) is 0 Å². The van der Waals surface area contributed by atoms with E-state index in [0.29, 0.717) is 31.9 Å². The Bertz CT molecular complexity index is 1270. The lowest BCUT2D eigenvalue weighted by Crippen LogP contribution is -2.42. The fourth-order valence-corrected chi connectivity index (χ4v) is 5.49. The molecule has 4 rings (SSSR count). The number of aliphatic hydroxyl groups is 1. The molecule has 2 aliphatic rings. The van der Waals surface area contributed by atoms with E-state index in [1.165, 1.54) is 43.3 Å². The van der Waals surface area contributed by atoms with Crippen LogP contribution in [0.15, 0.2) is 63.5 Å². The van der Waals surface area contributed by atoms with Crippen molar-refractivity contribution in [2.45, 2.75) is 10.9 Å². The third-order valence-electron chi connectivity index (χ3n) is 6.39. The number of amides is 1. The van der Waals surface area contributed by atoms with Crippen LogP contribution in [0.25, 0.3) is 5.76 Å². The first-order chi connectivity index (χ1) is 17.1. The van der Waals surface area contributed by atoms with Crippen molar-refractivity contribution < 1.29 is 27.9 Å². The molecule has 1 atom stereocenters. The van der Waals surface area contributed by atoms with Crippen LogP contribution in [0, 0.1) is 0 Å². The Morgan fingerprint density at radius 3 is 2.22 bits per heavy atom. The van der Waals surface area contributed by atoms with E-state index in [1.54, 1.807) is 0 Å². The van der Waals surface area contributed by atoms with Gasteiger partial charge in [0.25, 0.3) is 11.7 Å². The Morgan fingerprint density at radius 2 is 1.64 bits per heavy atom. The first-order valence-electron chi connectivity index (χ1n) is 11.5. The van der Waals surface area contributed by atoms with Crippen LogP contribution in [-0.4, -0.2) is 92.8 Å². The van der Waals surface area contributed by atoms with Crippen LogP contribution < -0.4 is 0 Å². The van der Waals surface area contributed by atoms with Gasteiger partial charge in [0, 0.05) is 50.3 Å². The molecule has 2 aromatic carbocycles. The van der Waals surface area contributed by atoms with Crippen LogP contribution >= 0.6 is 15.9 Å². The fourth-order valence-electron chi connectivity index (χ4n) is 4.33. The number of Topliss-reactive ketones (excluding diaryl/α,β-unsaturated/α-hetero) is 1. The lowest BCUT2D eigenvalue weighted by atomic mass is 9.95. The number of sulfonamides is 1. The van der Waals surface area contributed by atoms with E-state index in [4.69, 9.17) is 4.74 Å². The van der Waals surface area contributed by atoms with Crippen LogP contribution in [0.2, 0.25) is 0 Å². The third-order valence-corrected chi connectivity index (χ3v) is 8.75. The predicted molar refractivity (Wildman–Crippen MR) is 138 cm³/mol. The largest absolute Gasteiger partial charge is 0.507 e. The molecular weight excluding hydrogens is 550 g/mol. The number of ketones is 1. The Morgan fingerprint density at radius 1 is 1.03 bits per heavy atom. The van der Waals surface area contributed by atoms with Crippen molar-refractivity contribution in [2.24, 2.45) is 0 Å². The quantitative estimate of drug-likeness (QED) is 0.306. The molecule has 0 aliphatic carbocycles. The van der Waals surface area contributed by atoms with Gasteiger partial charge in [-0.2, -0.15) is 0 Å². The number of hydrogen-bond acceptors (Lipinski definition) is 7. The molecule has 2 saturated heterocycles. The molecule has 36 heavy (non-hydrogen) atoms. The molecule has 1 amide bonds. The van der Waals surface area contributed by atoms with E-state index in [9.17, 15) is 23.1 Å². The molecule has 0 saturated carbocycles. The van der Waals surface area contributed by atoms with E-state index in [0.717, 1.165) is 21.9 Å². The summed E-state index contributed by atoms with van der Waals surface area (Å²) < 4.78 is 32.1. The molecule has 0 bridgehead atoms. The summed E-state index contributed by atoms with van der Waals surface area (Å²) in [6.07, 6.45) is 0. The number of likely N-dealkylation sites (tertiary alicyclic amines) is 1. The van der Waals surface area contributed by atoms with Gasteiger partial charge in [-0.05, 0) is 42.0 Å². The van der Waals surface area contributed by atoms with E-state index in [2.05, 4.69) is 20.8 Å². The fraction of sp³-hybridized carbons (Fsp3) is 0.360. The average molecular weight is 578 g/mol.